The van der Waals surface area contributed by atoms with Gasteiger partial charge in [0.25, 0.3) is 5.91 Å². The predicted octanol–water partition coefficient (Wildman–Crippen LogP) is 3.89. The summed E-state index contributed by atoms with van der Waals surface area (Å²) in [5, 5.41) is 4.30. The van der Waals surface area contributed by atoms with Gasteiger partial charge in [-0.2, -0.15) is 0 Å². The van der Waals surface area contributed by atoms with E-state index in [2.05, 4.69) is 15.3 Å². The first-order valence-electron chi connectivity index (χ1n) is 8.78. The van der Waals surface area contributed by atoms with Gasteiger partial charge in [0.2, 0.25) is 0 Å². The number of anilines is 1. The minimum absolute atomic E-state index is 0.388. The maximum Gasteiger partial charge on any atom is 0.339 e. The number of nitrogens with one attached hydrogen (secondary N) is 1. The summed E-state index contributed by atoms with van der Waals surface area (Å²) in [6.07, 6.45) is 1.57. The summed E-state index contributed by atoms with van der Waals surface area (Å²) >= 11 is 0. The molecule has 0 radical (unpaired) electrons. The number of fused-ring (bicyclic) bond motifs is 2. The van der Waals surface area contributed by atoms with E-state index in [-0.39, 0.29) is 6.61 Å². The van der Waals surface area contributed by atoms with Crippen LogP contribution in [0.3, 0.4) is 0 Å². The number of hydrogen-bond acceptors (Lipinski definition) is 5. The molecule has 1 amide bonds. The third-order valence-electron chi connectivity index (χ3n) is 4.27. The third kappa shape index (κ3) is 3.66. The van der Waals surface area contributed by atoms with E-state index in [9.17, 15) is 9.59 Å². The summed E-state index contributed by atoms with van der Waals surface area (Å²) in [6, 6.07) is 18.4. The smallest absolute Gasteiger partial charge is 0.339 e. The number of carbonyl (C=O) groups is 2. The molecule has 1 N–H and O–H groups in total. The molecule has 0 saturated heterocycles. The Hall–Kier alpha value is -3.80. The predicted molar refractivity (Wildman–Crippen MR) is 107 cm³/mol. The number of nitrogens with zero attached hydrogens (tertiary/aromatic N) is 2. The first kappa shape index (κ1) is 17.6. The Morgan fingerprint density at radius 3 is 2.61 bits per heavy atom. The van der Waals surface area contributed by atoms with Crippen molar-refractivity contribution >= 4 is 39.4 Å². The van der Waals surface area contributed by atoms with Crippen molar-refractivity contribution in [2.75, 3.05) is 11.9 Å². The van der Waals surface area contributed by atoms with E-state index >= 15 is 0 Å². The standard InChI is InChI=1S/C22H17N3O3/c1-14-10-18(17-7-3-5-9-20(17)24-14)22(27)28-13-21(26)25-16-11-15-6-2-4-8-19(15)23-12-16/h2-12H,13H2,1H3,(H,25,26). The largest absolute Gasteiger partial charge is 0.452 e. The van der Waals surface area contributed by atoms with Crippen LogP contribution >= 0.6 is 0 Å². The van der Waals surface area contributed by atoms with Gasteiger partial charge in [-0.15, -0.1) is 0 Å². The molecule has 0 fully saturated rings. The number of amides is 1. The Balaban J connectivity index is 1.45. The molecule has 138 valence electrons. The summed E-state index contributed by atoms with van der Waals surface area (Å²) in [5.74, 6) is -0.992. The van der Waals surface area contributed by atoms with E-state index in [1.807, 2.05) is 55.5 Å². The number of rotatable bonds is 4. The van der Waals surface area contributed by atoms with Gasteiger partial charge in [0, 0.05) is 16.5 Å². The fraction of sp³-hybridized carbons (Fsp3) is 0.0909. The highest BCUT2D eigenvalue weighted by Gasteiger charge is 2.15. The number of ether oxygens (including phenoxy) is 1. The van der Waals surface area contributed by atoms with Gasteiger partial charge in [0.1, 0.15) is 0 Å². The average Bonchev–Trinajstić information content (AvgIpc) is 2.71. The second-order valence-electron chi connectivity index (χ2n) is 6.37. The van der Waals surface area contributed by atoms with Gasteiger partial charge in [-0.3, -0.25) is 14.8 Å². The summed E-state index contributed by atoms with van der Waals surface area (Å²) in [5.41, 5.74) is 3.19. The first-order valence-corrected chi connectivity index (χ1v) is 8.78. The number of hydrogen-bond donors (Lipinski definition) is 1. The number of pyridine rings is 2. The van der Waals surface area contributed by atoms with Crippen molar-refractivity contribution in [2.24, 2.45) is 0 Å². The molecule has 0 aliphatic carbocycles. The van der Waals surface area contributed by atoms with E-state index in [0.717, 1.165) is 10.9 Å². The molecule has 4 aromatic rings. The van der Waals surface area contributed by atoms with Crippen LogP contribution in [0, 0.1) is 6.92 Å². The molecule has 0 spiro atoms. The highest BCUT2D eigenvalue weighted by molar-refractivity contribution is 6.04. The van der Waals surface area contributed by atoms with E-state index in [1.54, 1.807) is 18.3 Å². The average molecular weight is 371 g/mol. The van der Waals surface area contributed by atoms with Crippen molar-refractivity contribution in [3.05, 3.63) is 78.1 Å². The molecule has 6 nitrogen and oxygen atoms in total. The van der Waals surface area contributed by atoms with Gasteiger partial charge in [0.05, 0.1) is 28.5 Å². The van der Waals surface area contributed by atoms with Gasteiger partial charge < -0.3 is 10.1 Å². The first-order chi connectivity index (χ1) is 13.6. The van der Waals surface area contributed by atoms with Crippen LogP contribution in [0.5, 0.6) is 0 Å². The fourth-order valence-corrected chi connectivity index (χ4v) is 3.02. The molecule has 0 bridgehead atoms. The lowest BCUT2D eigenvalue weighted by molar-refractivity contribution is -0.119. The Bertz CT molecular complexity index is 1200. The molecule has 6 heteroatoms. The fourth-order valence-electron chi connectivity index (χ4n) is 3.02. The quantitative estimate of drug-likeness (QED) is 0.551. The van der Waals surface area contributed by atoms with Crippen molar-refractivity contribution in [2.45, 2.75) is 6.92 Å². The monoisotopic (exact) mass is 371 g/mol. The minimum atomic E-state index is -0.562. The molecule has 0 atom stereocenters. The zero-order valence-electron chi connectivity index (χ0n) is 15.2. The number of aryl methyl sites for hydroxylation is 1. The van der Waals surface area contributed by atoms with Gasteiger partial charge in [0.15, 0.2) is 6.61 Å². The van der Waals surface area contributed by atoms with E-state index < -0.39 is 11.9 Å². The maximum atomic E-state index is 12.5. The lowest BCUT2D eigenvalue weighted by Gasteiger charge is -2.09. The molecule has 28 heavy (non-hydrogen) atoms. The van der Waals surface area contributed by atoms with Crippen LogP contribution in [0.2, 0.25) is 0 Å². The molecule has 2 aromatic heterocycles. The van der Waals surface area contributed by atoms with E-state index in [1.165, 1.54) is 0 Å². The second-order valence-corrected chi connectivity index (χ2v) is 6.37. The van der Waals surface area contributed by atoms with Gasteiger partial charge in [-0.25, -0.2) is 4.79 Å². The van der Waals surface area contributed by atoms with Crippen molar-refractivity contribution in [1.29, 1.82) is 0 Å². The number of carbonyl (C=O) groups excluding carboxylic acids is 2. The Morgan fingerprint density at radius 2 is 1.75 bits per heavy atom. The van der Waals surface area contributed by atoms with Gasteiger partial charge >= 0.3 is 5.97 Å². The van der Waals surface area contributed by atoms with Gasteiger partial charge in [-0.1, -0.05) is 36.4 Å². The molecule has 2 aromatic carbocycles. The SMILES string of the molecule is Cc1cc(C(=O)OCC(=O)Nc2cnc3ccccc3c2)c2ccccc2n1. The molecular formula is C22H17N3O3. The summed E-state index contributed by atoms with van der Waals surface area (Å²) in [4.78, 5) is 33.4. The minimum Gasteiger partial charge on any atom is -0.452 e. The molecule has 2 heterocycles. The topological polar surface area (TPSA) is 81.2 Å². The molecule has 4 rings (SSSR count). The van der Waals surface area contributed by atoms with E-state index in [0.29, 0.717) is 27.8 Å². The summed E-state index contributed by atoms with van der Waals surface area (Å²) in [6.45, 7) is 1.42. The Morgan fingerprint density at radius 1 is 1.00 bits per heavy atom. The van der Waals surface area contributed by atoms with Crippen molar-refractivity contribution in [3.63, 3.8) is 0 Å². The molecule has 0 aliphatic heterocycles. The van der Waals surface area contributed by atoms with Crippen molar-refractivity contribution in [1.82, 2.24) is 9.97 Å². The Kier molecular flexibility index (Phi) is 4.68. The number of para-hydroxylation sites is 2. The highest BCUT2D eigenvalue weighted by Crippen LogP contribution is 2.19. The van der Waals surface area contributed by atoms with Crippen LogP contribution in [0.1, 0.15) is 16.1 Å². The molecule has 0 unspecified atom stereocenters. The van der Waals surface area contributed by atoms with Crippen LogP contribution in [-0.4, -0.2) is 28.5 Å². The van der Waals surface area contributed by atoms with Crippen LogP contribution < -0.4 is 5.32 Å². The Labute approximate surface area is 161 Å². The third-order valence-corrected chi connectivity index (χ3v) is 4.27. The zero-order valence-corrected chi connectivity index (χ0v) is 15.2. The lowest BCUT2D eigenvalue weighted by Crippen LogP contribution is -2.21. The van der Waals surface area contributed by atoms with Crippen LogP contribution in [0.25, 0.3) is 21.8 Å². The molecular weight excluding hydrogens is 354 g/mol. The second kappa shape index (κ2) is 7.44. The van der Waals surface area contributed by atoms with Gasteiger partial charge in [-0.05, 0) is 31.2 Å². The summed E-state index contributed by atoms with van der Waals surface area (Å²) in [7, 11) is 0. The van der Waals surface area contributed by atoms with Crippen LogP contribution in [0.4, 0.5) is 5.69 Å². The van der Waals surface area contributed by atoms with E-state index in [4.69, 9.17) is 4.74 Å². The maximum absolute atomic E-state index is 12.5. The number of esters is 1. The van der Waals surface area contributed by atoms with Crippen molar-refractivity contribution < 1.29 is 14.3 Å². The summed E-state index contributed by atoms with van der Waals surface area (Å²) < 4.78 is 5.21. The lowest BCUT2D eigenvalue weighted by atomic mass is 10.1. The number of benzene rings is 2. The highest BCUT2D eigenvalue weighted by atomic mass is 16.5. The van der Waals surface area contributed by atoms with Crippen LogP contribution in [0.15, 0.2) is 66.9 Å². The zero-order chi connectivity index (χ0) is 19.5. The molecule has 0 aliphatic rings. The molecule has 0 saturated carbocycles. The number of aromatic nitrogens is 2. The van der Waals surface area contributed by atoms with Crippen LogP contribution in [-0.2, 0) is 9.53 Å². The van der Waals surface area contributed by atoms with Crippen molar-refractivity contribution in [3.8, 4) is 0 Å². The normalized spacial score (nSPS) is 10.8.